The zero-order valence-electron chi connectivity index (χ0n) is 40.1. The molecule has 6 aromatic rings. The van der Waals surface area contributed by atoms with Crippen LogP contribution in [0.2, 0.25) is 0 Å². The highest BCUT2D eigenvalue weighted by Gasteiger charge is 2.33. The number of ether oxygens (including phenoxy) is 2. The number of hydrogen-bond acceptors (Lipinski definition) is 15. The number of nitriles is 1. The number of anilines is 1. The van der Waals surface area contributed by atoms with E-state index in [1.807, 2.05) is 54.3 Å². The van der Waals surface area contributed by atoms with E-state index >= 15 is 0 Å². The Bertz CT molecular complexity index is 3160. The van der Waals surface area contributed by atoms with E-state index in [0.29, 0.717) is 79.8 Å². The van der Waals surface area contributed by atoms with Crippen molar-refractivity contribution in [3.05, 3.63) is 129 Å². The van der Waals surface area contributed by atoms with E-state index in [0.717, 1.165) is 66.7 Å². The fourth-order valence-electron chi connectivity index (χ4n) is 10.2. The second-order valence-electron chi connectivity index (χ2n) is 19.0. The maximum atomic E-state index is 13.8. The Hall–Kier alpha value is -7.66. The van der Waals surface area contributed by atoms with Gasteiger partial charge in [0.05, 0.1) is 73.2 Å². The van der Waals surface area contributed by atoms with E-state index in [9.17, 15) is 29.2 Å². The average Bonchev–Trinajstić information content (AvgIpc) is 3.40. The minimum absolute atomic E-state index is 0.0618. The molecule has 370 valence electrons. The molecule has 10 rings (SSSR count). The molecule has 19 heteroatoms. The number of piperidine rings is 2. The zero-order chi connectivity index (χ0) is 49.7. The largest absolute Gasteiger partial charge is 0.490 e. The lowest BCUT2D eigenvalue weighted by Crippen LogP contribution is -2.57. The predicted molar refractivity (Wildman–Crippen MR) is 267 cm³/mol. The molecule has 4 aliphatic rings. The van der Waals surface area contributed by atoms with Crippen molar-refractivity contribution in [2.45, 2.75) is 63.8 Å². The van der Waals surface area contributed by atoms with Crippen LogP contribution in [0, 0.1) is 24.2 Å². The van der Waals surface area contributed by atoms with Gasteiger partial charge in [0.15, 0.2) is 11.6 Å². The van der Waals surface area contributed by atoms with Crippen molar-refractivity contribution in [3.8, 4) is 34.5 Å². The summed E-state index contributed by atoms with van der Waals surface area (Å²) in [5.74, 6) is 0.664. The highest BCUT2D eigenvalue weighted by Crippen LogP contribution is 2.28. The van der Waals surface area contributed by atoms with Crippen LogP contribution in [-0.2, 0) is 25.7 Å². The molecule has 2 N–H and O–H groups in total. The van der Waals surface area contributed by atoms with Crippen molar-refractivity contribution in [3.63, 3.8) is 0 Å². The number of aromatic nitrogens is 6. The molecule has 1 unspecified atom stereocenters. The van der Waals surface area contributed by atoms with E-state index in [-0.39, 0.29) is 60.4 Å². The first-order valence-electron chi connectivity index (χ1n) is 24.6. The maximum absolute atomic E-state index is 13.8. The Morgan fingerprint density at radius 2 is 1.71 bits per heavy atom. The first-order valence-corrected chi connectivity index (χ1v) is 24.6. The van der Waals surface area contributed by atoms with Gasteiger partial charge in [0.25, 0.3) is 17.0 Å². The fraction of sp³-hybridized carbons (Fsp3) is 0.396. The molecule has 4 saturated heterocycles. The molecule has 0 bridgehead atoms. The van der Waals surface area contributed by atoms with Crippen LogP contribution in [0.4, 0.5) is 5.69 Å². The van der Waals surface area contributed by atoms with Crippen molar-refractivity contribution in [1.82, 2.24) is 50.0 Å². The van der Waals surface area contributed by atoms with Crippen molar-refractivity contribution in [2.75, 3.05) is 70.5 Å². The number of likely N-dealkylation sites (tertiary alicyclic amines) is 1. The number of amides is 3. The summed E-state index contributed by atoms with van der Waals surface area (Å²) in [5.41, 5.74) is 4.51. The number of piperazine rings is 1. The second-order valence-corrected chi connectivity index (χ2v) is 19.0. The molecular formula is C53H56N12O7. The molecule has 7 heterocycles. The molecule has 0 spiro atoms. The number of rotatable bonds is 13. The lowest BCUT2D eigenvalue weighted by atomic mass is 9.97. The van der Waals surface area contributed by atoms with Crippen LogP contribution in [0.15, 0.2) is 101 Å². The number of benzene rings is 3. The van der Waals surface area contributed by atoms with Gasteiger partial charge in [-0.05, 0) is 86.6 Å². The summed E-state index contributed by atoms with van der Waals surface area (Å²) in [6.45, 7) is 8.50. The molecule has 3 atom stereocenters. The number of morpholine rings is 1. The Morgan fingerprint density at radius 3 is 2.53 bits per heavy atom. The zero-order valence-corrected chi connectivity index (χ0v) is 40.1. The SMILES string of the molecule is Cc1nn([C@@H]2CCC(=O)NC2=O)c(=O)c2ccc(N3CCO[C@H](CC4CNCCN4CC(=O)N4CCC(COc5cnc(-c6cccc(Cn7nc(-c8cccc(C#N)c8)ccc7=O)c6)nc5)CC4)C3)cc12. The topological polar surface area (TPSA) is 223 Å². The Labute approximate surface area is 415 Å². The molecule has 0 aliphatic carbocycles. The highest BCUT2D eigenvalue weighted by molar-refractivity contribution is 5.99. The van der Waals surface area contributed by atoms with Gasteiger partial charge >= 0.3 is 0 Å². The standard InChI is InChI=1S/C53H56N12O7/c1-34-45-25-40(8-9-44(45)53(70)65(59-34)47-11-12-48(66)58-52(47)69)63-20-21-71-42(31-63)24-41-27-55-16-19-62(41)32-50(68)61-17-14-35(15-18-61)33-72-43-28-56-51(57-29-43)39-7-3-5-37(23-39)30-64-49(67)13-10-46(60-64)38-6-2-4-36(22-38)26-54/h2-10,13,22-23,25,28-29,35,41-42,47,55H,11-12,14-21,24,27,30-33H2,1H3,(H,58,66,69)/t41?,42-,47-/m1/s1. The number of carbonyl (C=O) groups is 3. The van der Waals surface area contributed by atoms with E-state index in [1.165, 1.54) is 15.4 Å². The van der Waals surface area contributed by atoms with Gasteiger partial charge < -0.3 is 24.6 Å². The number of carbonyl (C=O) groups excluding carboxylic acids is 3. The van der Waals surface area contributed by atoms with Crippen LogP contribution in [0.3, 0.4) is 0 Å². The van der Waals surface area contributed by atoms with Gasteiger partial charge in [-0.3, -0.25) is 34.2 Å². The third-order valence-corrected chi connectivity index (χ3v) is 14.2. The molecular weight excluding hydrogens is 917 g/mol. The number of fused-ring (bicyclic) bond motifs is 1. The Balaban J connectivity index is 0.688. The highest BCUT2D eigenvalue weighted by atomic mass is 16.5. The third-order valence-electron chi connectivity index (χ3n) is 14.2. The van der Waals surface area contributed by atoms with Crippen molar-refractivity contribution in [2.24, 2.45) is 5.92 Å². The first-order chi connectivity index (χ1) is 35.0. The van der Waals surface area contributed by atoms with Crippen molar-refractivity contribution in [1.29, 1.82) is 5.26 Å². The lowest BCUT2D eigenvalue weighted by molar-refractivity contribution is -0.136. The summed E-state index contributed by atoms with van der Waals surface area (Å²) >= 11 is 0. The average molecular weight is 973 g/mol. The van der Waals surface area contributed by atoms with Gasteiger partial charge in [0.2, 0.25) is 11.8 Å². The summed E-state index contributed by atoms with van der Waals surface area (Å²) in [7, 11) is 0. The Morgan fingerprint density at radius 1 is 0.889 bits per heavy atom. The second kappa shape index (κ2) is 21.4. The van der Waals surface area contributed by atoms with Gasteiger partial charge in [-0.25, -0.2) is 19.3 Å². The van der Waals surface area contributed by atoms with E-state index in [4.69, 9.17) is 9.47 Å². The van der Waals surface area contributed by atoms with Crippen LogP contribution in [0.1, 0.15) is 55.0 Å². The number of nitrogens with zero attached hydrogens (tertiary/aromatic N) is 10. The first kappa shape index (κ1) is 48.0. The molecule has 0 saturated carbocycles. The van der Waals surface area contributed by atoms with Crippen molar-refractivity contribution < 1.29 is 23.9 Å². The van der Waals surface area contributed by atoms with Crippen LogP contribution < -0.4 is 31.4 Å². The van der Waals surface area contributed by atoms with Crippen LogP contribution in [0.25, 0.3) is 33.4 Å². The Kier molecular flexibility index (Phi) is 14.2. The number of aryl methyl sites for hydroxylation is 1. The smallest absolute Gasteiger partial charge is 0.275 e. The summed E-state index contributed by atoms with van der Waals surface area (Å²) < 4.78 is 15.1. The van der Waals surface area contributed by atoms with Gasteiger partial charge in [-0.1, -0.05) is 30.3 Å². The number of nitrogens with one attached hydrogen (secondary N) is 2. The molecule has 3 amide bonds. The summed E-state index contributed by atoms with van der Waals surface area (Å²) in [6.07, 6.45) is 6.10. The van der Waals surface area contributed by atoms with Gasteiger partial charge in [-0.15, -0.1) is 0 Å². The molecule has 3 aromatic heterocycles. The number of imide groups is 1. The van der Waals surface area contributed by atoms with Gasteiger partial charge in [-0.2, -0.15) is 15.5 Å². The summed E-state index contributed by atoms with van der Waals surface area (Å²) in [4.78, 5) is 80.1. The minimum atomic E-state index is -0.826. The van der Waals surface area contributed by atoms with E-state index < -0.39 is 11.9 Å². The summed E-state index contributed by atoms with van der Waals surface area (Å²) in [5, 5.41) is 25.4. The molecule has 3 aromatic carbocycles. The fourth-order valence-corrected chi connectivity index (χ4v) is 10.2. The maximum Gasteiger partial charge on any atom is 0.275 e. The van der Waals surface area contributed by atoms with Crippen LogP contribution in [-0.4, -0.2) is 135 Å². The minimum Gasteiger partial charge on any atom is -0.490 e. The van der Waals surface area contributed by atoms with Crippen LogP contribution >= 0.6 is 0 Å². The van der Waals surface area contributed by atoms with Gasteiger partial charge in [0.1, 0.15) is 6.04 Å². The van der Waals surface area contributed by atoms with Crippen molar-refractivity contribution >= 4 is 34.2 Å². The predicted octanol–water partition coefficient (Wildman–Crippen LogP) is 3.47. The number of hydrogen-bond donors (Lipinski definition) is 2. The molecule has 72 heavy (non-hydrogen) atoms. The third kappa shape index (κ3) is 10.8. The molecule has 0 radical (unpaired) electrons. The lowest BCUT2D eigenvalue weighted by Gasteiger charge is -2.41. The summed E-state index contributed by atoms with van der Waals surface area (Å²) in [6, 6.07) is 25.1. The normalized spacial score (nSPS) is 20.0. The van der Waals surface area contributed by atoms with Crippen LogP contribution in [0.5, 0.6) is 5.75 Å². The van der Waals surface area contributed by atoms with E-state index in [1.54, 1.807) is 42.7 Å². The van der Waals surface area contributed by atoms with E-state index in [2.05, 4.69) is 46.7 Å². The molecule has 19 nitrogen and oxygen atoms in total. The molecule has 4 fully saturated rings. The monoisotopic (exact) mass is 972 g/mol. The van der Waals surface area contributed by atoms with Gasteiger partial charge in [0, 0.05) is 86.5 Å². The molecule has 4 aliphatic heterocycles. The quantitative estimate of drug-likeness (QED) is 0.158.